The fraction of sp³-hybridized carbons (Fsp3) is 0.429. The molecule has 0 aliphatic carbocycles. The topological polar surface area (TPSA) is 29.5 Å². The molecular weight excluding hydrogens is 228 g/mol. The molecule has 0 heterocycles. The van der Waals surface area contributed by atoms with Crippen LogP contribution in [0.25, 0.3) is 0 Å². The Balaban J connectivity index is 2.70. The molecular formula is C14H22O2Si. The Morgan fingerprint density at radius 3 is 2.24 bits per heavy atom. The van der Waals surface area contributed by atoms with Crippen LogP contribution in [0.2, 0.25) is 19.6 Å². The van der Waals surface area contributed by atoms with E-state index in [1.165, 1.54) is 0 Å². The molecule has 0 bridgehead atoms. The lowest BCUT2D eigenvalue weighted by molar-refractivity contribution is 0.114. The Labute approximate surface area is 105 Å². The van der Waals surface area contributed by atoms with E-state index in [0.717, 1.165) is 5.56 Å². The van der Waals surface area contributed by atoms with Gasteiger partial charge < -0.3 is 9.53 Å². The maximum atomic E-state index is 10.2. The van der Waals surface area contributed by atoms with Gasteiger partial charge in [0, 0.05) is 5.92 Å². The third-order valence-corrected chi connectivity index (χ3v) is 3.43. The van der Waals surface area contributed by atoms with Crippen LogP contribution >= 0.6 is 0 Å². The monoisotopic (exact) mass is 250 g/mol. The zero-order valence-electron chi connectivity index (χ0n) is 11.1. The van der Waals surface area contributed by atoms with Crippen molar-refractivity contribution in [2.45, 2.75) is 32.7 Å². The third kappa shape index (κ3) is 4.36. The summed E-state index contributed by atoms with van der Waals surface area (Å²) in [6.45, 7) is 12.2. The largest absolute Gasteiger partial charge is 0.547 e. The first kappa shape index (κ1) is 14.0. The highest BCUT2D eigenvalue weighted by atomic mass is 28.4. The van der Waals surface area contributed by atoms with E-state index < -0.39 is 14.4 Å². The number of rotatable bonds is 5. The molecule has 0 fully saturated rings. The van der Waals surface area contributed by atoms with Gasteiger partial charge in [0.05, 0.1) is 11.9 Å². The summed E-state index contributed by atoms with van der Waals surface area (Å²) >= 11 is 0. The molecule has 0 radical (unpaired) electrons. The van der Waals surface area contributed by atoms with Crippen LogP contribution in [0.4, 0.5) is 0 Å². The van der Waals surface area contributed by atoms with Crippen LogP contribution in [0.1, 0.15) is 18.6 Å². The number of hydrogen-bond donors (Lipinski definition) is 1. The summed E-state index contributed by atoms with van der Waals surface area (Å²) in [4.78, 5) is 0. The molecule has 0 aliphatic heterocycles. The number of aliphatic hydroxyl groups is 1. The van der Waals surface area contributed by atoms with Crippen molar-refractivity contribution in [3.8, 4) is 0 Å². The second-order valence-corrected chi connectivity index (χ2v) is 9.75. The Morgan fingerprint density at radius 1 is 1.24 bits per heavy atom. The zero-order chi connectivity index (χ0) is 13.1. The molecule has 1 N–H and O–H groups in total. The third-order valence-electron chi connectivity index (χ3n) is 2.56. The summed E-state index contributed by atoms with van der Waals surface area (Å²) in [6, 6.07) is 9.63. The fourth-order valence-corrected chi connectivity index (χ4v) is 2.57. The molecule has 0 amide bonds. The van der Waals surface area contributed by atoms with Crippen LogP contribution in [0.5, 0.6) is 0 Å². The van der Waals surface area contributed by atoms with Gasteiger partial charge in [-0.2, -0.15) is 0 Å². The molecule has 94 valence electrons. The van der Waals surface area contributed by atoms with Crippen molar-refractivity contribution in [3.63, 3.8) is 0 Å². The summed E-state index contributed by atoms with van der Waals surface area (Å²) in [5.74, 6) is 0.588. The van der Waals surface area contributed by atoms with E-state index in [0.29, 0.717) is 5.76 Å². The van der Waals surface area contributed by atoms with Crippen molar-refractivity contribution in [2.24, 2.45) is 5.92 Å². The minimum atomic E-state index is -1.64. The van der Waals surface area contributed by atoms with Crippen LogP contribution < -0.4 is 0 Å². The molecule has 1 aromatic carbocycles. The second kappa shape index (κ2) is 5.51. The Hall–Kier alpha value is -1.06. The van der Waals surface area contributed by atoms with Crippen molar-refractivity contribution >= 4 is 8.32 Å². The normalized spacial score (nSPS) is 15.1. The molecule has 1 aromatic rings. The highest BCUT2D eigenvalue weighted by molar-refractivity contribution is 6.70. The molecule has 3 heteroatoms. The van der Waals surface area contributed by atoms with Crippen molar-refractivity contribution < 1.29 is 9.53 Å². The maximum Gasteiger partial charge on any atom is 0.241 e. The summed E-state index contributed by atoms with van der Waals surface area (Å²) in [6.07, 6.45) is -0.556. The van der Waals surface area contributed by atoms with Gasteiger partial charge in [-0.05, 0) is 25.2 Å². The SMILES string of the molecule is C=C(O[Si](C)(C)C)C(C)C(O)c1ccccc1. The van der Waals surface area contributed by atoms with E-state index in [1.807, 2.05) is 37.3 Å². The highest BCUT2D eigenvalue weighted by Gasteiger charge is 2.24. The average molecular weight is 250 g/mol. The Morgan fingerprint density at radius 2 is 1.76 bits per heavy atom. The zero-order valence-corrected chi connectivity index (χ0v) is 12.1. The molecule has 0 saturated carbocycles. The minimum absolute atomic E-state index is 0.0934. The lowest BCUT2D eigenvalue weighted by atomic mass is 9.96. The molecule has 2 unspecified atom stereocenters. The first-order chi connectivity index (χ1) is 7.81. The standard InChI is InChI=1S/C14H22O2Si/c1-11(12(2)16-17(3,4)5)14(15)13-9-7-6-8-10-13/h6-11,14-15H,2H2,1,3-5H3. The van der Waals surface area contributed by atoms with Crippen LogP contribution in [-0.4, -0.2) is 13.4 Å². The lowest BCUT2D eigenvalue weighted by Crippen LogP contribution is -2.27. The number of aliphatic hydroxyl groups excluding tert-OH is 1. The van der Waals surface area contributed by atoms with Crippen molar-refractivity contribution in [2.75, 3.05) is 0 Å². The number of benzene rings is 1. The summed E-state index contributed by atoms with van der Waals surface area (Å²) < 4.78 is 5.83. The fourth-order valence-electron chi connectivity index (χ4n) is 1.60. The number of hydrogen-bond acceptors (Lipinski definition) is 2. The van der Waals surface area contributed by atoms with Gasteiger partial charge in [-0.3, -0.25) is 0 Å². The molecule has 0 spiro atoms. The van der Waals surface area contributed by atoms with Gasteiger partial charge in [0.25, 0.3) is 0 Å². The van der Waals surface area contributed by atoms with E-state index in [4.69, 9.17) is 4.43 Å². The van der Waals surface area contributed by atoms with Crippen molar-refractivity contribution in [3.05, 3.63) is 48.2 Å². The van der Waals surface area contributed by atoms with E-state index in [2.05, 4.69) is 26.2 Å². The smallest absolute Gasteiger partial charge is 0.241 e. The Kier molecular flexibility index (Phi) is 4.54. The molecule has 0 saturated heterocycles. The second-order valence-electron chi connectivity index (χ2n) is 5.32. The predicted octanol–water partition coefficient (Wildman–Crippen LogP) is 3.72. The average Bonchev–Trinajstić information content (AvgIpc) is 2.26. The molecule has 0 aromatic heterocycles. The van der Waals surface area contributed by atoms with Gasteiger partial charge in [0.1, 0.15) is 0 Å². The van der Waals surface area contributed by atoms with Crippen LogP contribution in [-0.2, 0) is 4.43 Å². The van der Waals surface area contributed by atoms with Crippen LogP contribution in [0.3, 0.4) is 0 Å². The lowest BCUT2D eigenvalue weighted by Gasteiger charge is -2.27. The quantitative estimate of drug-likeness (QED) is 0.637. The van der Waals surface area contributed by atoms with Crippen LogP contribution in [0.15, 0.2) is 42.7 Å². The molecule has 2 atom stereocenters. The van der Waals surface area contributed by atoms with Crippen molar-refractivity contribution in [1.29, 1.82) is 0 Å². The van der Waals surface area contributed by atoms with E-state index in [1.54, 1.807) is 0 Å². The van der Waals surface area contributed by atoms with E-state index in [-0.39, 0.29) is 5.92 Å². The van der Waals surface area contributed by atoms with Crippen molar-refractivity contribution in [1.82, 2.24) is 0 Å². The minimum Gasteiger partial charge on any atom is -0.547 e. The molecule has 1 rings (SSSR count). The van der Waals surface area contributed by atoms with Crippen LogP contribution in [0, 0.1) is 5.92 Å². The first-order valence-corrected chi connectivity index (χ1v) is 9.33. The van der Waals surface area contributed by atoms with Gasteiger partial charge in [0.2, 0.25) is 8.32 Å². The Bertz CT molecular complexity index is 368. The maximum absolute atomic E-state index is 10.2. The molecule has 2 nitrogen and oxygen atoms in total. The first-order valence-electron chi connectivity index (χ1n) is 5.92. The van der Waals surface area contributed by atoms with Gasteiger partial charge in [-0.1, -0.05) is 43.8 Å². The predicted molar refractivity (Wildman–Crippen MR) is 74.1 cm³/mol. The van der Waals surface area contributed by atoms with E-state index >= 15 is 0 Å². The summed E-state index contributed by atoms with van der Waals surface area (Å²) in [7, 11) is -1.64. The summed E-state index contributed by atoms with van der Waals surface area (Å²) in [5, 5.41) is 10.2. The van der Waals surface area contributed by atoms with Gasteiger partial charge >= 0.3 is 0 Å². The molecule has 0 aliphatic rings. The van der Waals surface area contributed by atoms with Gasteiger partial charge in [-0.25, -0.2) is 0 Å². The summed E-state index contributed by atoms with van der Waals surface area (Å²) in [5.41, 5.74) is 0.903. The highest BCUT2D eigenvalue weighted by Crippen LogP contribution is 2.28. The van der Waals surface area contributed by atoms with Gasteiger partial charge in [0.15, 0.2) is 0 Å². The van der Waals surface area contributed by atoms with Gasteiger partial charge in [-0.15, -0.1) is 0 Å². The van der Waals surface area contributed by atoms with E-state index in [9.17, 15) is 5.11 Å². The molecule has 17 heavy (non-hydrogen) atoms.